The summed E-state index contributed by atoms with van der Waals surface area (Å²) in [6.45, 7) is 2.52. The van der Waals surface area contributed by atoms with Gasteiger partial charge in [-0.3, -0.25) is 9.48 Å². The van der Waals surface area contributed by atoms with Crippen molar-refractivity contribution >= 4 is 5.78 Å². The average Bonchev–Trinajstić information content (AvgIpc) is 2.75. The van der Waals surface area contributed by atoms with Crippen LogP contribution < -0.4 is 0 Å². The van der Waals surface area contributed by atoms with Crippen molar-refractivity contribution < 1.29 is 4.79 Å². The zero-order valence-electron chi connectivity index (χ0n) is 8.57. The molecule has 0 radical (unpaired) electrons. The molecular formula is C11H16N2O. The molecule has 0 bridgehead atoms. The van der Waals surface area contributed by atoms with E-state index >= 15 is 0 Å². The van der Waals surface area contributed by atoms with Gasteiger partial charge in [0.2, 0.25) is 0 Å². The molecule has 1 aromatic rings. The summed E-state index contributed by atoms with van der Waals surface area (Å²) in [6.07, 6.45) is 6.96. The molecular weight excluding hydrogens is 176 g/mol. The highest BCUT2D eigenvalue weighted by Gasteiger charge is 2.17. The second-order valence-electron chi connectivity index (χ2n) is 4.11. The Morgan fingerprint density at radius 2 is 2.29 bits per heavy atom. The summed E-state index contributed by atoms with van der Waals surface area (Å²) in [4.78, 5) is 11.2. The SMILES string of the molecule is CC(=O)c1ccnn1CC1CCCC1. The lowest BCUT2D eigenvalue weighted by atomic mass is 10.1. The molecule has 76 valence electrons. The van der Waals surface area contributed by atoms with Gasteiger partial charge in [-0.2, -0.15) is 5.10 Å². The van der Waals surface area contributed by atoms with E-state index in [9.17, 15) is 4.79 Å². The Hall–Kier alpha value is -1.12. The number of rotatable bonds is 3. The van der Waals surface area contributed by atoms with Crippen molar-refractivity contribution in [3.05, 3.63) is 18.0 Å². The molecule has 0 aromatic carbocycles. The number of Topliss-reactive ketones (excluding diaryl/α,β-unsaturated/α-hetero) is 1. The number of nitrogens with zero attached hydrogens (tertiary/aromatic N) is 2. The number of hydrogen-bond acceptors (Lipinski definition) is 2. The fourth-order valence-corrected chi connectivity index (χ4v) is 2.21. The molecule has 0 spiro atoms. The van der Waals surface area contributed by atoms with Gasteiger partial charge in [-0.15, -0.1) is 0 Å². The Bertz CT molecular complexity index is 324. The summed E-state index contributed by atoms with van der Waals surface area (Å²) in [6, 6.07) is 1.80. The van der Waals surface area contributed by atoms with Crippen molar-refractivity contribution in [3.63, 3.8) is 0 Å². The van der Waals surface area contributed by atoms with Crippen molar-refractivity contribution in [2.24, 2.45) is 5.92 Å². The van der Waals surface area contributed by atoms with Crippen LogP contribution in [-0.4, -0.2) is 15.6 Å². The maximum atomic E-state index is 11.2. The summed E-state index contributed by atoms with van der Waals surface area (Å²) in [5.41, 5.74) is 0.747. The molecule has 2 rings (SSSR count). The minimum absolute atomic E-state index is 0.112. The fraction of sp³-hybridized carbons (Fsp3) is 0.636. The quantitative estimate of drug-likeness (QED) is 0.688. The molecule has 1 aliphatic carbocycles. The van der Waals surface area contributed by atoms with Crippen LogP contribution >= 0.6 is 0 Å². The second kappa shape index (κ2) is 3.95. The molecule has 0 aliphatic heterocycles. The van der Waals surface area contributed by atoms with E-state index in [1.54, 1.807) is 19.2 Å². The molecule has 1 aliphatic rings. The van der Waals surface area contributed by atoms with Crippen molar-refractivity contribution in [2.45, 2.75) is 39.2 Å². The average molecular weight is 192 g/mol. The molecule has 0 atom stereocenters. The standard InChI is InChI=1S/C11H16N2O/c1-9(14)11-6-7-12-13(11)8-10-4-2-3-5-10/h6-7,10H,2-5,8H2,1H3. The first kappa shape index (κ1) is 9.44. The Labute approximate surface area is 84.1 Å². The molecule has 0 unspecified atom stereocenters. The summed E-state index contributed by atoms with van der Waals surface area (Å²) in [5.74, 6) is 0.841. The Balaban J connectivity index is 2.07. The molecule has 14 heavy (non-hydrogen) atoms. The van der Waals surface area contributed by atoms with Crippen LogP contribution in [0.3, 0.4) is 0 Å². The number of carbonyl (C=O) groups excluding carboxylic acids is 1. The minimum Gasteiger partial charge on any atom is -0.293 e. The van der Waals surface area contributed by atoms with Gasteiger partial charge in [-0.25, -0.2) is 0 Å². The Morgan fingerprint density at radius 3 is 2.93 bits per heavy atom. The van der Waals surface area contributed by atoms with Gasteiger partial charge in [-0.05, 0) is 24.8 Å². The topological polar surface area (TPSA) is 34.9 Å². The molecule has 0 saturated heterocycles. The van der Waals surface area contributed by atoms with E-state index in [0.717, 1.165) is 18.2 Å². The highest BCUT2D eigenvalue weighted by atomic mass is 16.1. The summed E-state index contributed by atoms with van der Waals surface area (Å²) >= 11 is 0. The van der Waals surface area contributed by atoms with Crippen LogP contribution in [0, 0.1) is 5.92 Å². The molecule has 1 fully saturated rings. The van der Waals surface area contributed by atoms with Crippen LogP contribution in [0.4, 0.5) is 0 Å². The van der Waals surface area contributed by atoms with E-state index in [-0.39, 0.29) is 5.78 Å². The molecule has 1 aromatic heterocycles. The molecule has 0 amide bonds. The van der Waals surface area contributed by atoms with E-state index in [1.807, 2.05) is 4.68 Å². The fourth-order valence-electron chi connectivity index (χ4n) is 2.21. The van der Waals surface area contributed by atoms with E-state index < -0.39 is 0 Å². The van der Waals surface area contributed by atoms with Gasteiger partial charge >= 0.3 is 0 Å². The van der Waals surface area contributed by atoms with Crippen molar-refractivity contribution in [1.29, 1.82) is 0 Å². The smallest absolute Gasteiger partial charge is 0.177 e. The van der Waals surface area contributed by atoms with Crippen molar-refractivity contribution in [1.82, 2.24) is 9.78 Å². The van der Waals surface area contributed by atoms with Crippen LogP contribution in [0.1, 0.15) is 43.1 Å². The number of ketones is 1. The van der Waals surface area contributed by atoms with Gasteiger partial charge in [-0.1, -0.05) is 12.8 Å². The van der Waals surface area contributed by atoms with E-state index in [0.29, 0.717) is 0 Å². The van der Waals surface area contributed by atoms with Crippen LogP contribution in [0.5, 0.6) is 0 Å². The monoisotopic (exact) mass is 192 g/mol. The van der Waals surface area contributed by atoms with Gasteiger partial charge < -0.3 is 0 Å². The van der Waals surface area contributed by atoms with Crippen LogP contribution in [0.25, 0.3) is 0 Å². The van der Waals surface area contributed by atoms with Gasteiger partial charge in [0.25, 0.3) is 0 Å². The molecule has 0 N–H and O–H groups in total. The third-order valence-corrected chi connectivity index (χ3v) is 2.98. The van der Waals surface area contributed by atoms with Gasteiger partial charge in [0.15, 0.2) is 5.78 Å². The van der Waals surface area contributed by atoms with Gasteiger partial charge in [0.1, 0.15) is 5.69 Å². The third kappa shape index (κ3) is 1.86. The summed E-state index contributed by atoms with van der Waals surface area (Å²) < 4.78 is 1.86. The lowest BCUT2D eigenvalue weighted by Gasteiger charge is -2.10. The summed E-state index contributed by atoms with van der Waals surface area (Å²) in [5, 5.41) is 4.20. The van der Waals surface area contributed by atoms with E-state index in [1.165, 1.54) is 25.7 Å². The highest BCUT2D eigenvalue weighted by molar-refractivity contribution is 5.92. The minimum atomic E-state index is 0.112. The molecule has 3 heteroatoms. The largest absolute Gasteiger partial charge is 0.293 e. The zero-order chi connectivity index (χ0) is 9.97. The van der Waals surface area contributed by atoms with Gasteiger partial charge in [0, 0.05) is 19.7 Å². The van der Waals surface area contributed by atoms with Crippen LogP contribution in [0.15, 0.2) is 12.3 Å². The van der Waals surface area contributed by atoms with Crippen molar-refractivity contribution in [3.8, 4) is 0 Å². The molecule has 1 heterocycles. The van der Waals surface area contributed by atoms with Gasteiger partial charge in [0.05, 0.1) is 0 Å². The Kier molecular flexibility index (Phi) is 2.66. The van der Waals surface area contributed by atoms with Crippen LogP contribution in [0.2, 0.25) is 0 Å². The number of hydrogen-bond donors (Lipinski definition) is 0. The maximum absolute atomic E-state index is 11.2. The molecule has 3 nitrogen and oxygen atoms in total. The molecule has 1 saturated carbocycles. The number of carbonyl (C=O) groups is 1. The van der Waals surface area contributed by atoms with E-state index in [2.05, 4.69) is 5.10 Å². The second-order valence-corrected chi connectivity index (χ2v) is 4.11. The van der Waals surface area contributed by atoms with E-state index in [4.69, 9.17) is 0 Å². The first-order valence-electron chi connectivity index (χ1n) is 5.30. The predicted molar refractivity (Wildman–Crippen MR) is 54.2 cm³/mol. The highest BCUT2D eigenvalue weighted by Crippen LogP contribution is 2.26. The first-order chi connectivity index (χ1) is 6.77. The number of aromatic nitrogens is 2. The predicted octanol–water partition coefficient (Wildman–Crippen LogP) is 2.28. The lowest BCUT2D eigenvalue weighted by Crippen LogP contribution is -2.13. The Morgan fingerprint density at radius 1 is 1.57 bits per heavy atom. The lowest BCUT2D eigenvalue weighted by molar-refractivity contribution is 0.100. The maximum Gasteiger partial charge on any atom is 0.177 e. The third-order valence-electron chi connectivity index (χ3n) is 2.98. The van der Waals surface area contributed by atoms with Crippen molar-refractivity contribution in [2.75, 3.05) is 0 Å². The van der Waals surface area contributed by atoms with Crippen LogP contribution in [-0.2, 0) is 6.54 Å². The summed E-state index contributed by atoms with van der Waals surface area (Å²) in [7, 11) is 0. The normalized spacial score (nSPS) is 17.5. The zero-order valence-corrected chi connectivity index (χ0v) is 8.57. The first-order valence-corrected chi connectivity index (χ1v) is 5.30.